The van der Waals surface area contributed by atoms with Crippen molar-refractivity contribution in [3.05, 3.63) is 44.5 Å². The fourth-order valence-corrected chi connectivity index (χ4v) is 5.04. The molecule has 1 aliphatic rings. The van der Waals surface area contributed by atoms with Crippen molar-refractivity contribution in [3.63, 3.8) is 0 Å². The van der Waals surface area contributed by atoms with E-state index in [0.717, 1.165) is 36.1 Å². The van der Waals surface area contributed by atoms with Gasteiger partial charge in [-0.05, 0) is 48.3 Å². The monoisotopic (exact) mass is 360 g/mol. The van der Waals surface area contributed by atoms with Crippen molar-refractivity contribution in [1.82, 2.24) is 0 Å². The third kappa shape index (κ3) is 3.60. The Balaban J connectivity index is 1.81. The highest BCUT2D eigenvalue weighted by atomic mass is 32.1. The van der Waals surface area contributed by atoms with Crippen molar-refractivity contribution in [2.24, 2.45) is 11.7 Å². The molecule has 0 saturated heterocycles. The van der Waals surface area contributed by atoms with E-state index in [1.54, 1.807) is 17.4 Å². The maximum absolute atomic E-state index is 12.2. The van der Waals surface area contributed by atoms with E-state index in [2.05, 4.69) is 12.2 Å². The number of thiophene rings is 2. The fraction of sp³-hybridized carbons (Fsp3) is 0.333. The van der Waals surface area contributed by atoms with E-state index in [1.165, 1.54) is 22.3 Å². The highest BCUT2D eigenvalue weighted by molar-refractivity contribution is 7.17. The average molecular weight is 361 g/mol. The van der Waals surface area contributed by atoms with Gasteiger partial charge in [0.05, 0.1) is 5.56 Å². The number of carbonyl (C=O) groups is 2. The topological polar surface area (TPSA) is 72.2 Å². The Morgan fingerprint density at radius 1 is 1.46 bits per heavy atom. The fourth-order valence-electron chi connectivity index (χ4n) is 3.05. The minimum absolute atomic E-state index is 0.239. The Morgan fingerprint density at radius 3 is 2.96 bits per heavy atom. The largest absolute Gasteiger partial charge is 0.365 e. The molecule has 24 heavy (non-hydrogen) atoms. The maximum Gasteiger partial charge on any atom is 0.251 e. The molecule has 0 aliphatic heterocycles. The summed E-state index contributed by atoms with van der Waals surface area (Å²) in [4.78, 5) is 26.3. The summed E-state index contributed by atoms with van der Waals surface area (Å²) in [6, 6.07) is 3.88. The van der Waals surface area contributed by atoms with Gasteiger partial charge in [0.15, 0.2) is 0 Å². The highest BCUT2D eigenvalue weighted by Crippen LogP contribution is 2.40. The second-order valence-corrected chi connectivity index (χ2v) is 8.01. The number of hydrogen-bond donors (Lipinski definition) is 2. The minimum atomic E-state index is -0.458. The van der Waals surface area contributed by atoms with E-state index in [0.29, 0.717) is 16.5 Å². The summed E-state index contributed by atoms with van der Waals surface area (Å²) in [6.45, 7) is 2.19. The normalized spacial score (nSPS) is 17.0. The zero-order valence-electron chi connectivity index (χ0n) is 13.5. The van der Waals surface area contributed by atoms with E-state index < -0.39 is 5.91 Å². The molecule has 2 aromatic rings. The van der Waals surface area contributed by atoms with Crippen molar-refractivity contribution in [2.75, 3.05) is 5.32 Å². The highest BCUT2D eigenvalue weighted by Gasteiger charge is 2.27. The van der Waals surface area contributed by atoms with Gasteiger partial charge in [-0.25, -0.2) is 0 Å². The van der Waals surface area contributed by atoms with Crippen LogP contribution in [-0.4, -0.2) is 11.8 Å². The number of carbonyl (C=O) groups excluding carboxylic acids is 2. The predicted octanol–water partition coefficient (Wildman–Crippen LogP) is 4.08. The lowest BCUT2D eigenvalue weighted by molar-refractivity contribution is -0.111. The zero-order valence-corrected chi connectivity index (χ0v) is 15.1. The molecule has 3 N–H and O–H groups in total. The van der Waals surface area contributed by atoms with Crippen LogP contribution in [-0.2, 0) is 17.6 Å². The smallest absolute Gasteiger partial charge is 0.251 e. The summed E-state index contributed by atoms with van der Waals surface area (Å²) in [7, 11) is 0. The minimum Gasteiger partial charge on any atom is -0.365 e. The molecule has 2 amide bonds. The summed E-state index contributed by atoms with van der Waals surface area (Å²) in [5.74, 6) is -0.0457. The van der Waals surface area contributed by atoms with Gasteiger partial charge in [0.1, 0.15) is 5.00 Å². The summed E-state index contributed by atoms with van der Waals surface area (Å²) >= 11 is 3.06. The van der Waals surface area contributed by atoms with Crippen molar-refractivity contribution < 1.29 is 9.59 Å². The van der Waals surface area contributed by atoms with E-state index in [1.807, 2.05) is 17.5 Å². The van der Waals surface area contributed by atoms with Crippen LogP contribution in [0.2, 0.25) is 0 Å². The Labute approximate surface area is 149 Å². The molecule has 2 aromatic heterocycles. The van der Waals surface area contributed by atoms with Crippen molar-refractivity contribution >= 4 is 45.6 Å². The van der Waals surface area contributed by atoms with Crippen LogP contribution < -0.4 is 11.1 Å². The van der Waals surface area contributed by atoms with Gasteiger partial charge in [0, 0.05) is 15.8 Å². The van der Waals surface area contributed by atoms with Crippen LogP contribution in [0.15, 0.2) is 23.6 Å². The van der Waals surface area contributed by atoms with Crippen LogP contribution in [0.25, 0.3) is 6.08 Å². The van der Waals surface area contributed by atoms with Gasteiger partial charge < -0.3 is 11.1 Å². The standard InChI is InChI=1S/C18H20N2O2S2/c1-2-11-5-7-13-14(10-11)24-18(16(13)17(19)22)20-15(21)8-6-12-4-3-9-23-12/h3-4,6,8-9,11H,2,5,7,10H2,1H3,(H2,19,22)(H,20,21)/b8-6-/t11-/m1/s1. The molecular weight excluding hydrogens is 340 g/mol. The van der Waals surface area contributed by atoms with Gasteiger partial charge in [-0.1, -0.05) is 19.4 Å². The quantitative estimate of drug-likeness (QED) is 0.789. The number of fused-ring (bicyclic) bond motifs is 1. The van der Waals surface area contributed by atoms with Crippen molar-refractivity contribution in [3.8, 4) is 0 Å². The van der Waals surface area contributed by atoms with E-state index in [4.69, 9.17) is 5.73 Å². The Hall–Kier alpha value is -1.92. The third-order valence-corrected chi connectivity index (χ3v) is 6.38. The van der Waals surface area contributed by atoms with Crippen LogP contribution in [0.1, 0.15) is 45.4 Å². The van der Waals surface area contributed by atoms with Gasteiger partial charge in [-0.3, -0.25) is 9.59 Å². The Bertz CT molecular complexity index is 775. The Morgan fingerprint density at radius 2 is 2.29 bits per heavy atom. The van der Waals surface area contributed by atoms with Gasteiger partial charge in [-0.2, -0.15) is 0 Å². The lowest BCUT2D eigenvalue weighted by Gasteiger charge is -2.20. The van der Waals surface area contributed by atoms with E-state index in [9.17, 15) is 9.59 Å². The van der Waals surface area contributed by atoms with Gasteiger partial charge in [-0.15, -0.1) is 22.7 Å². The number of rotatable bonds is 5. The second kappa shape index (κ2) is 7.32. The first-order chi connectivity index (χ1) is 11.6. The molecule has 0 aromatic carbocycles. The van der Waals surface area contributed by atoms with E-state index >= 15 is 0 Å². The molecule has 0 saturated carbocycles. The molecule has 126 valence electrons. The lowest BCUT2D eigenvalue weighted by atomic mass is 9.85. The predicted molar refractivity (Wildman–Crippen MR) is 101 cm³/mol. The van der Waals surface area contributed by atoms with Crippen LogP contribution >= 0.6 is 22.7 Å². The number of amides is 2. The van der Waals surface area contributed by atoms with Crippen molar-refractivity contribution in [1.29, 1.82) is 0 Å². The molecule has 0 bridgehead atoms. The van der Waals surface area contributed by atoms with Crippen LogP contribution in [0.3, 0.4) is 0 Å². The van der Waals surface area contributed by atoms with Crippen LogP contribution in [0.5, 0.6) is 0 Å². The summed E-state index contributed by atoms with van der Waals surface area (Å²) in [6.07, 6.45) is 7.30. The van der Waals surface area contributed by atoms with Gasteiger partial charge >= 0.3 is 0 Å². The molecule has 6 heteroatoms. The first-order valence-corrected chi connectivity index (χ1v) is 9.75. The molecule has 4 nitrogen and oxygen atoms in total. The van der Waals surface area contributed by atoms with Crippen molar-refractivity contribution in [2.45, 2.75) is 32.6 Å². The van der Waals surface area contributed by atoms with Crippen LogP contribution in [0, 0.1) is 5.92 Å². The zero-order chi connectivity index (χ0) is 17.1. The molecule has 0 fully saturated rings. The number of hydrogen-bond acceptors (Lipinski definition) is 4. The lowest BCUT2D eigenvalue weighted by Crippen LogP contribution is -2.19. The SMILES string of the molecule is CC[C@@H]1CCc2c(sc(NC(=O)/C=C\c3cccs3)c2C(N)=O)C1. The molecule has 2 heterocycles. The second-order valence-electron chi connectivity index (χ2n) is 5.93. The average Bonchev–Trinajstić information content (AvgIpc) is 3.19. The molecule has 0 radical (unpaired) electrons. The Kier molecular flexibility index (Phi) is 5.16. The van der Waals surface area contributed by atoms with Crippen LogP contribution in [0.4, 0.5) is 5.00 Å². The summed E-state index contributed by atoms with van der Waals surface area (Å²) < 4.78 is 0. The van der Waals surface area contributed by atoms with Gasteiger partial charge in [0.2, 0.25) is 5.91 Å². The molecular formula is C18H20N2O2S2. The summed E-state index contributed by atoms with van der Waals surface area (Å²) in [5.41, 5.74) is 7.12. The molecule has 1 atom stereocenters. The number of nitrogens with one attached hydrogen (secondary N) is 1. The van der Waals surface area contributed by atoms with E-state index in [-0.39, 0.29) is 5.91 Å². The third-order valence-electron chi connectivity index (χ3n) is 4.37. The first-order valence-electron chi connectivity index (χ1n) is 8.05. The molecule has 3 rings (SSSR count). The molecule has 0 unspecified atom stereocenters. The maximum atomic E-state index is 12.2. The number of anilines is 1. The first kappa shape index (κ1) is 16.9. The number of primary amides is 1. The number of nitrogens with two attached hydrogens (primary N) is 1. The summed E-state index contributed by atoms with van der Waals surface area (Å²) in [5, 5.41) is 5.39. The molecule has 0 spiro atoms. The van der Waals surface area contributed by atoms with Gasteiger partial charge in [0.25, 0.3) is 5.91 Å². The molecule has 1 aliphatic carbocycles.